The lowest BCUT2D eigenvalue weighted by Gasteiger charge is -2.40. The van der Waals surface area contributed by atoms with Gasteiger partial charge < -0.3 is 24.1 Å². The third-order valence-corrected chi connectivity index (χ3v) is 6.83. The summed E-state index contributed by atoms with van der Waals surface area (Å²) >= 11 is 3.71. The van der Waals surface area contributed by atoms with Crippen LogP contribution in [0.2, 0.25) is 0 Å². The topological polar surface area (TPSA) is 60.4 Å². The Labute approximate surface area is 160 Å². The predicted octanol–water partition coefficient (Wildman–Crippen LogP) is 2.31. The normalized spacial score (nSPS) is 31.4. The van der Waals surface area contributed by atoms with Crippen molar-refractivity contribution in [3.63, 3.8) is 0 Å². The van der Waals surface area contributed by atoms with E-state index in [0.29, 0.717) is 26.2 Å². The number of rotatable bonds is 2. The highest BCUT2D eigenvalue weighted by Gasteiger charge is 2.57. The number of aliphatic hydroxyl groups is 1. The second kappa shape index (κ2) is 5.94. The van der Waals surface area contributed by atoms with Crippen LogP contribution in [0, 0.1) is 0 Å². The highest BCUT2D eigenvalue weighted by Crippen LogP contribution is 2.58. The lowest BCUT2D eigenvalue weighted by molar-refractivity contribution is -0.145. The predicted molar refractivity (Wildman–Crippen MR) is 97.3 cm³/mol. The van der Waals surface area contributed by atoms with Gasteiger partial charge in [0.15, 0.2) is 17.3 Å². The van der Waals surface area contributed by atoms with Crippen molar-refractivity contribution in [2.45, 2.75) is 36.7 Å². The molecule has 140 valence electrons. The molecular formula is C19H22BrNO5. The standard InChI is InChI=1S/C19H22BrNO5/c1-23-14-8-13(20)12-10-21(11-22)5-4-18-2-3-19(24-6-7-25-19)9-15(18)26-17(14)16(12)18/h2-3,8,15,22H,4-7,9-11H2,1H3. The fourth-order valence-electron chi connectivity index (χ4n) is 4.81. The van der Waals surface area contributed by atoms with E-state index in [9.17, 15) is 5.11 Å². The van der Waals surface area contributed by atoms with E-state index in [-0.39, 0.29) is 18.2 Å². The molecule has 2 atom stereocenters. The minimum Gasteiger partial charge on any atom is -0.493 e. The molecule has 0 amide bonds. The average Bonchev–Trinajstić information content (AvgIpc) is 3.18. The highest BCUT2D eigenvalue weighted by molar-refractivity contribution is 9.10. The van der Waals surface area contributed by atoms with E-state index in [4.69, 9.17) is 18.9 Å². The van der Waals surface area contributed by atoms with E-state index in [1.54, 1.807) is 7.11 Å². The van der Waals surface area contributed by atoms with Gasteiger partial charge in [0.2, 0.25) is 0 Å². The van der Waals surface area contributed by atoms with Crippen LogP contribution in [0.15, 0.2) is 22.7 Å². The SMILES string of the molecule is COc1cc(Br)c2c3c1OC1CC4(C=CC31CCN(CO)C2)OCCO4. The first kappa shape index (κ1) is 17.0. The molecule has 1 aromatic carbocycles. The van der Waals surface area contributed by atoms with Crippen molar-refractivity contribution in [3.05, 3.63) is 33.8 Å². The number of benzene rings is 1. The second-order valence-electron chi connectivity index (χ2n) is 7.38. The van der Waals surface area contributed by atoms with Crippen molar-refractivity contribution >= 4 is 15.9 Å². The minimum absolute atomic E-state index is 0.0364. The average molecular weight is 424 g/mol. The van der Waals surface area contributed by atoms with Gasteiger partial charge in [-0.15, -0.1) is 0 Å². The molecule has 0 saturated carbocycles. The van der Waals surface area contributed by atoms with Gasteiger partial charge in [0.05, 0.1) is 32.5 Å². The molecule has 1 aliphatic carbocycles. The molecule has 0 bridgehead atoms. The third-order valence-electron chi connectivity index (χ3n) is 6.12. The van der Waals surface area contributed by atoms with Gasteiger partial charge in [-0.3, -0.25) is 4.90 Å². The maximum atomic E-state index is 9.76. The van der Waals surface area contributed by atoms with Crippen molar-refractivity contribution in [2.75, 3.05) is 33.6 Å². The Morgan fingerprint density at radius 1 is 1.35 bits per heavy atom. The summed E-state index contributed by atoms with van der Waals surface area (Å²) in [6, 6.07) is 1.96. The fourth-order valence-corrected chi connectivity index (χ4v) is 5.34. The lowest BCUT2D eigenvalue weighted by atomic mass is 9.68. The van der Waals surface area contributed by atoms with Gasteiger partial charge in [0, 0.05) is 29.5 Å². The van der Waals surface area contributed by atoms with Crippen LogP contribution in [0.3, 0.4) is 0 Å². The molecule has 2 spiro atoms. The number of hydrogen-bond donors (Lipinski definition) is 1. The number of methoxy groups -OCH3 is 1. The summed E-state index contributed by atoms with van der Waals surface area (Å²) < 4.78 is 24.9. The van der Waals surface area contributed by atoms with Crippen molar-refractivity contribution in [2.24, 2.45) is 0 Å². The summed E-state index contributed by atoms with van der Waals surface area (Å²) in [7, 11) is 1.67. The Kier molecular flexibility index (Phi) is 3.89. The van der Waals surface area contributed by atoms with E-state index in [2.05, 4.69) is 33.0 Å². The van der Waals surface area contributed by atoms with Gasteiger partial charge >= 0.3 is 0 Å². The summed E-state index contributed by atoms with van der Waals surface area (Å²) in [6.45, 7) is 2.71. The van der Waals surface area contributed by atoms with E-state index >= 15 is 0 Å². The zero-order valence-electron chi connectivity index (χ0n) is 14.7. The van der Waals surface area contributed by atoms with E-state index < -0.39 is 5.79 Å². The zero-order chi connectivity index (χ0) is 17.9. The van der Waals surface area contributed by atoms with E-state index in [1.165, 1.54) is 5.56 Å². The van der Waals surface area contributed by atoms with E-state index in [0.717, 1.165) is 34.5 Å². The number of halogens is 1. The van der Waals surface area contributed by atoms with Crippen molar-refractivity contribution in [1.29, 1.82) is 0 Å². The summed E-state index contributed by atoms with van der Waals surface area (Å²) in [5.74, 6) is 0.874. The Balaban J connectivity index is 1.70. The zero-order valence-corrected chi connectivity index (χ0v) is 16.3. The second-order valence-corrected chi connectivity index (χ2v) is 8.23. The molecule has 1 aromatic rings. The summed E-state index contributed by atoms with van der Waals surface area (Å²) in [5.41, 5.74) is 2.07. The van der Waals surface area contributed by atoms with Crippen molar-refractivity contribution in [3.8, 4) is 11.5 Å². The van der Waals surface area contributed by atoms with E-state index in [1.807, 2.05) is 6.07 Å². The molecular weight excluding hydrogens is 402 g/mol. The Morgan fingerprint density at radius 2 is 2.15 bits per heavy atom. The van der Waals surface area contributed by atoms with Crippen molar-refractivity contribution < 1.29 is 24.1 Å². The number of hydrogen-bond acceptors (Lipinski definition) is 6. The fraction of sp³-hybridized carbons (Fsp3) is 0.579. The Morgan fingerprint density at radius 3 is 2.88 bits per heavy atom. The molecule has 0 radical (unpaired) electrons. The number of aliphatic hydroxyl groups excluding tert-OH is 1. The summed E-state index contributed by atoms with van der Waals surface area (Å²) in [6.07, 6.45) is 5.72. The van der Waals surface area contributed by atoms with Crippen LogP contribution >= 0.6 is 15.9 Å². The molecule has 2 unspecified atom stereocenters. The van der Waals surface area contributed by atoms with Crippen LogP contribution in [-0.4, -0.2) is 55.5 Å². The summed E-state index contributed by atoms with van der Waals surface area (Å²) in [4.78, 5) is 2.05. The van der Waals surface area contributed by atoms with Crippen LogP contribution in [0.25, 0.3) is 0 Å². The molecule has 3 heterocycles. The molecule has 1 N–H and O–H groups in total. The molecule has 6 nitrogen and oxygen atoms in total. The first-order valence-electron chi connectivity index (χ1n) is 8.99. The van der Waals surface area contributed by atoms with Gasteiger partial charge in [-0.05, 0) is 24.1 Å². The van der Waals surface area contributed by atoms with Crippen LogP contribution < -0.4 is 9.47 Å². The van der Waals surface area contributed by atoms with Gasteiger partial charge in [-0.1, -0.05) is 22.0 Å². The van der Waals surface area contributed by atoms with Crippen molar-refractivity contribution in [1.82, 2.24) is 4.90 Å². The molecule has 1 saturated heterocycles. The largest absolute Gasteiger partial charge is 0.493 e. The molecule has 0 aromatic heterocycles. The minimum atomic E-state index is -0.675. The van der Waals surface area contributed by atoms with Gasteiger partial charge in [-0.2, -0.15) is 0 Å². The first-order chi connectivity index (χ1) is 12.6. The van der Waals surface area contributed by atoms with Gasteiger partial charge in [0.25, 0.3) is 0 Å². The quantitative estimate of drug-likeness (QED) is 0.736. The first-order valence-corrected chi connectivity index (χ1v) is 9.78. The summed E-state index contributed by atoms with van der Waals surface area (Å²) in [5, 5.41) is 9.76. The molecule has 26 heavy (non-hydrogen) atoms. The molecule has 5 rings (SSSR count). The van der Waals surface area contributed by atoms with Crippen LogP contribution in [0.1, 0.15) is 24.0 Å². The highest BCUT2D eigenvalue weighted by atomic mass is 79.9. The smallest absolute Gasteiger partial charge is 0.191 e. The Bertz CT molecular complexity index is 776. The maximum absolute atomic E-state index is 9.76. The third kappa shape index (κ3) is 2.24. The maximum Gasteiger partial charge on any atom is 0.191 e. The number of nitrogens with zero attached hydrogens (tertiary/aromatic N) is 1. The molecule has 7 heteroatoms. The lowest BCUT2D eigenvalue weighted by Crippen LogP contribution is -2.48. The monoisotopic (exact) mass is 423 g/mol. The van der Waals surface area contributed by atoms with Crippen LogP contribution in [-0.2, 0) is 21.4 Å². The molecule has 1 fully saturated rings. The van der Waals surface area contributed by atoms with Gasteiger partial charge in [0.1, 0.15) is 6.10 Å². The van der Waals surface area contributed by atoms with Gasteiger partial charge in [-0.25, -0.2) is 0 Å². The molecule has 4 aliphatic rings. The van der Waals surface area contributed by atoms with Crippen LogP contribution in [0.4, 0.5) is 0 Å². The van der Waals surface area contributed by atoms with Crippen LogP contribution in [0.5, 0.6) is 11.5 Å². The molecule has 3 aliphatic heterocycles. The number of ether oxygens (including phenoxy) is 4. The Hall–Kier alpha value is -1.12.